The van der Waals surface area contributed by atoms with E-state index in [1.165, 1.54) is 10.4 Å². The summed E-state index contributed by atoms with van der Waals surface area (Å²) in [5, 5.41) is 0. The number of hydrogen-bond donors (Lipinski definition) is 0. The van der Waals surface area contributed by atoms with Gasteiger partial charge in [-0.15, -0.1) is 11.3 Å². The van der Waals surface area contributed by atoms with Gasteiger partial charge in [0.25, 0.3) is 11.8 Å². The fourth-order valence-corrected chi connectivity index (χ4v) is 4.12. The van der Waals surface area contributed by atoms with E-state index in [0.29, 0.717) is 26.2 Å². The second-order valence-corrected chi connectivity index (χ2v) is 7.91. The number of rotatable bonds is 2. The van der Waals surface area contributed by atoms with E-state index >= 15 is 0 Å². The van der Waals surface area contributed by atoms with Crippen LogP contribution in [0.1, 0.15) is 42.5 Å². The van der Waals surface area contributed by atoms with Gasteiger partial charge in [-0.1, -0.05) is 17.7 Å². The van der Waals surface area contributed by atoms with Crippen molar-refractivity contribution >= 4 is 23.2 Å². The van der Waals surface area contributed by atoms with Crippen LogP contribution >= 0.6 is 11.3 Å². The molecule has 132 valence electrons. The van der Waals surface area contributed by atoms with Gasteiger partial charge in [-0.25, -0.2) is 0 Å². The molecule has 1 aliphatic rings. The maximum Gasteiger partial charge on any atom is 0.263 e. The number of thiophene rings is 1. The molecule has 25 heavy (non-hydrogen) atoms. The van der Waals surface area contributed by atoms with Crippen molar-refractivity contribution in [3.8, 4) is 0 Å². The van der Waals surface area contributed by atoms with Crippen molar-refractivity contribution in [1.29, 1.82) is 0 Å². The van der Waals surface area contributed by atoms with Gasteiger partial charge in [-0.3, -0.25) is 9.59 Å². The minimum absolute atomic E-state index is 0.0563. The molecule has 0 N–H and O–H groups in total. The first-order valence-electron chi connectivity index (χ1n) is 8.68. The number of carbonyl (C=O) groups excluding carboxylic acids is 2. The van der Waals surface area contributed by atoms with E-state index in [2.05, 4.69) is 0 Å². The van der Waals surface area contributed by atoms with Gasteiger partial charge in [0.15, 0.2) is 0 Å². The highest BCUT2D eigenvalue weighted by Crippen LogP contribution is 2.23. The molecule has 1 aromatic heterocycles. The summed E-state index contributed by atoms with van der Waals surface area (Å²) in [5.74, 6) is 0.145. The zero-order valence-corrected chi connectivity index (χ0v) is 15.9. The highest BCUT2D eigenvalue weighted by molar-refractivity contribution is 7.14. The van der Waals surface area contributed by atoms with E-state index in [9.17, 15) is 9.59 Å². The average molecular weight is 356 g/mol. The van der Waals surface area contributed by atoms with Crippen molar-refractivity contribution in [2.45, 2.75) is 27.2 Å². The normalized spacial score (nSPS) is 15.2. The van der Waals surface area contributed by atoms with E-state index < -0.39 is 0 Å². The molecule has 1 fully saturated rings. The number of carbonyl (C=O) groups is 2. The topological polar surface area (TPSA) is 40.6 Å². The predicted octanol–water partition coefficient (Wildman–Crippen LogP) is 3.66. The Morgan fingerprint density at radius 2 is 1.60 bits per heavy atom. The van der Waals surface area contributed by atoms with Crippen molar-refractivity contribution < 1.29 is 9.59 Å². The predicted molar refractivity (Wildman–Crippen MR) is 101 cm³/mol. The third kappa shape index (κ3) is 3.93. The summed E-state index contributed by atoms with van der Waals surface area (Å²) in [6.07, 6.45) is 0.812. The van der Waals surface area contributed by atoms with E-state index in [-0.39, 0.29) is 11.8 Å². The third-order valence-electron chi connectivity index (χ3n) is 4.71. The lowest BCUT2D eigenvalue weighted by atomic mass is 10.1. The molecular weight excluding hydrogens is 332 g/mol. The summed E-state index contributed by atoms with van der Waals surface area (Å²) in [4.78, 5) is 31.2. The van der Waals surface area contributed by atoms with Crippen LogP contribution in [0.5, 0.6) is 0 Å². The van der Waals surface area contributed by atoms with Crippen LogP contribution in [0.15, 0.2) is 30.3 Å². The van der Waals surface area contributed by atoms with Crippen molar-refractivity contribution in [2.24, 2.45) is 0 Å². The van der Waals surface area contributed by atoms with Crippen LogP contribution in [-0.4, -0.2) is 47.8 Å². The standard InChI is InChI=1S/C20H24N2O2S/c1-14-6-4-7-17(12-14)19(23)21-8-5-9-22(11-10-21)20(24)18-13-15(2)16(3)25-18/h4,6-7,12-13H,5,8-11H2,1-3H3. The van der Waals surface area contributed by atoms with Crippen LogP contribution in [0, 0.1) is 20.8 Å². The molecule has 1 saturated heterocycles. The van der Waals surface area contributed by atoms with Crippen molar-refractivity contribution in [3.63, 3.8) is 0 Å². The van der Waals surface area contributed by atoms with Gasteiger partial charge in [0.2, 0.25) is 0 Å². The molecule has 0 aliphatic carbocycles. The molecule has 5 heteroatoms. The molecule has 0 atom stereocenters. The summed E-state index contributed by atoms with van der Waals surface area (Å²) in [5.41, 5.74) is 2.98. The minimum atomic E-state index is 0.0563. The van der Waals surface area contributed by atoms with Crippen molar-refractivity contribution in [3.05, 3.63) is 56.8 Å². The summed E-state index contributed by atoms with van der Waals surface area (Å²) >= 11 is 1.56. The number of aryl methyl sites for hydroxylation is 3. The Kier molecular flexibility index (Phi) is 5.23. The number of hydrogen-bond acceptors (Lipinski definition) is 3. The van der Waals surface area contributed by atoms with E-state index in [0.717, 1.165) is 22.4 Å². The summed E-state index contributed by atoms with van der Waals surface area (Å²) in [7, 11) is 0. The molecule has 0 unspecified atom stereocenters. The lowest BCUT2D eigenvalue weighted by molar-refractivity contribution is 0.0721. The van der Waals surface area contributed by atoms with Crippen LogP contribution in [0.4, 0.5) is 0 Å². The lowest BCUT2D eigenvalue weighted by Gasteiger charge is -2.22. The molecule has 2 amide bonds. The van der Waals surface area contributed by atoms with E-state index in [1.807, 2.05) is 60.9 Å². The highest BCUT2D eigenvalue weighted by Gasteiger charge is 2.24. The first kappa shape index (κ1) is 17.7. The molecule has 0 spiro atoms. The van der Waals surface area contributed by atoms with Crippen molar-refractivity contribution in [2.75, 3.05) is 26.2 Å². The van der Waals surface area contributed by atoms with Gasteiger partial charge in [0.1, 0.15) is 0 Å². The molecule has 1 aromatic carbocycles. The second kappa shape index (κ2) is 7.40. The maximum atomic E-state index is 12.7. The van der Waals surface area contributed by atoms with Crippen LogP contribution in [0.3, 0.4) is 0 Å². The Labute approximate surface area is 153 Å². The maximum absolute atomic E-state index is 12.7. The summed E-state index contributed by atoms with van der Waals surface area (Å²) in [6.45, 7) is 8.64. The Hall–Kier alpha value is -2.14. The molecule has 3 rings (SSSR count). The first-order chi connectivity index (χ1) is 12.0. The lowest BCUT2D eigenvalue weighted by Crippen LogP contribution is -2.37. The Balaban J connectivity index is 1.68. The highest BCUT2D eigenvalue weighted by atomic mass is 32.1. The molecule has 0 radical (unpaired) electrons. The molecule has 2 heterocycles. The molecule has 0 bridgehead atoms. The van der Waals surface area contributed by atoms with Gasteiger partial charge in [0.05, 0.1) is 4.88 Å². The second-order valence-electron chi connectivity index (χ2n) is 6.66. The van der Waals surface area contributed by atoms with Crippen LogP contribution in [0.2, 0.25) is 0 Å². The molecule has 0 saturated carbocycles. The zero-order valence-electron chi connectivity index (χ0n) is 15.0. The summed E-state index contributed by atoms with van der Waals surface area (Å²) < 4.78 is 0. The van der Waals surface area contributed by atoms with Crippen LogP contribution in [0.25, 0.3) is 0 Å². The quantitative estimate of drug-likeness (QED) is 0.824. The van der Waals surface area contributed by atoms with Crippen molar-refractivity contribution in [1.82, 2.24) is 9.80 Å². The number of nitrogens with zero attached hydrogens (tertiary/aromatic N) is 2. The third-order valence-corrected chi connectivity index (χ3v) is 5.85. The molecule has 2 aromatic rings. The van der Waals surface area contributed by atoms with Gasteiger partial charge in [-0.05, 0) is 51.0 Å². The minimum Gasteiger partial charge on any atom is -0.337 e. The summed E-state index contributed by atoms with van der Waals surface area (Å²) in [6, 6.07) is 9.67. The largest absolute Gasteiger partial charge is 0.337 e. The van der Waals surface area contributed by atoms with Gasteiger partial charge in [0, 0.05) is 36.6 Å². The smallest absolute Gasteiger partial charge is 0.263 e. The van der Waals surface area contributed by atoms with E-state index in [1.54, 1.807) is 11.3 Å². The molecule has 4 nitrogen and oxygen atoms in total. The SMILES string of the molecule is Cc1cccc(C(=O)N2CCCN(C(=O)c3cc(C)c(C)s3)CC2)c1. The first-order valence-corrected chi connectivity index (χ1v) is 9.49. The van der Waals surface area contributed by atoms with Gasteiger partial charge in [-0.2, -0.15) is 0 Å². The number of benzene rings is 1. The van der Waals surface area contributed by atoms with E-state index in [4.69, 9.17) is 0 Å². The van der Waals surface area contributed by atoms with Gasteiger partial charge >= 0.3 is 0 Å². The molecule has 1 aliphatic heterocycles. The fraction of sp³-hybridized carbons (Fsp3) is 0.400. The monoisotopic (exact) mass is 356 g/mol. The van der Waals surface area contributed by atoms with Gasteiger partial charge < -0.3 is 9.80 Å². The molecular formula is C20H24N2O2S. The van der Waals surface area contributed by atoms with Crippen LogP contribution in [-0.2, 0) is 0 Å². The average Bonchev–Trinajstić information content (AvgIpc) is 2.80. The fourth-order valence-electron chi connectivity index (χ4n) is 3.12. The Morgan fingerprint density at radius 3 is 2.20 bits per heavy atom. The number of amides is 2. The Bertz CT molecular complexity index is 777. The zero-order chi connectivity index (χ0) is 18.0. The Morgan fingerprint density at radius 1 is 0.920 bits per heavy atom. The van der Waals surface area contributed by atoms with Crippen LogP contribution < -0.4 is 0 Å².